The van der Waals surface area contributed by atoms with Gasteiger partial charge < -0.3 is 64.2 Å². The molecule has 2 rings (SSSR count). The summed E-state index contributed by atoms with van der Waals surface area (Å²) in [6, 6.07) is 0. The average Bonchev–Trinajstić information content (AvgIpc) is 3.36. The summed E-state index contributed by atoms with van der Waals surface area (Å²) >= 11 is 0. The van der Waals surface area contributed by atoms with Gasteiger partial charge in [0.1, 0.15) is 54.9 Å². The van der Waals surface area contributed by atoms with E-state index >= 15 is 0 Å². The first kappa shape index (κ1) is 64.6. The summed E-state index contributed by atoms with van der Waals surface area (Å²) in [6.07, 6.45) is 32.4. The maximum atomic E-state index is 13.1. The Labute approximate surface area is 424 Å². The number of ether oxygens (including phenoxy) is 6. The first-order valence-electron chi connectivity index (χ1n) is 28.4. The highest BCUT2D eigenvalue weighted by atomic mass is 16.7. The fourth-order valence-corrected chi connectivity index (χ4v) is 9.08. The first-order valence-corrected chi connectivity index (χ1v) is 28.4. The zero-order valence-corrected chi connectivity index (χ0v) is 44.0. The van der Waals surface area contributed by atoms with Gasteiger partial charge in [-0.05, 0) is 44.9 Å². The fourth-order valence-electron chi connectivity index (χ4n) is 9.08. The lowest BCUT2D eigenvalue weighted by atomic mass is 9.98. The third-order valence-corrected chi connectivity index (χ3v) is 13.7. The smallest absolute Gasteiger partial charge is 0.306 e. The number of rotatable bonds is 46. The van der Waals surface area contributed by atoms with Crippen molar-refractivity contribution in [2.24, 2.45) is 0 Å². The molecule has 14 nitrogen and oxygen atoms in total. The van der Waals surface area contributed by atoms with Gasteiger partial charge in [-0.15, -0.1) is 0 Å². The SMILES string of the molecule is CCCCC/C=C\C/C=C\CCCCCCCCOCC(COC1OC(COC2OC(CO)C(O)C(O)C2O)C(O)C(O)C1O)OC(=O)CCCCCCCCCCCCCCCCCCCCCC. The minimum atomic E-state index is -1.71. The van der Waals surface area contributed by atoms with Crippen LogP contribution in [0.15, 0.2) is 24.3 Å². The molecule has 0 saturated carbocycles. The van der Waals surface area contributed by atoms with Gasteiger partial charge in [-0.25, -0.2) is 0 Å². The van der Waals surface area contributed by atoms with E-state index in [0.29, 0.717) is 13.0 Å². The van der Waals surface area contributed by atoms with Gasteiger partial charge in [0.15, 0.2) is 12.6 Å². The van der Waals surface area contributed by atoms with Crippen LogP contribution in [-0.2, 0) is 33.2 Å². The Morgan fingerprint density at radius 3 is 1.40 bits per heavy atom. The molecule has 0 amide bonds. The lowest BCUT2D eigenvalue weighted by Gasteiger charge is -2.42. The zero-order chi connectivity index (χ0) is 50.9. The average molecular weight is 1000 g/mol. The molecule has 0 aromatic carbocycles. The van der Waals surface area contributed by atoms with Crippen LogP contribution in [-0.4, -0.2) is 142 Å². The molecule has 0 spiro atoms. The number of hydrogen-bond acceptors (Lipinski definition) is 14. The van der Waals surface area contributed by atoms with Crippen LogP contribution in [0.5, 0.6) is 0 Å². The Morgan fingerprint density at radius 2 is 0.886 bits per heavy atom. The Hall–Kier alpha value is -1.53. The van der Waals surface area contributed by atoms with Crippen molar-refractivity contribution in [2.75, 3.05) is 33.0 Å². The highest BCUT2D eigenvalue weighted by molar-refractivity contribution is 5.69. The third-order valence-electron chi connectivity index (χ3n) is 13.7. The maximum Gasteiger partial charge on any atom is 0.306 e. The summed E-state index contributed by atoms with van der Waals surface area (Å²) in [6.45, 7) is 3.68. The van der Waals surface area contributed by atoms with Gasteiger partial charge >= 0.3 is 5.97 Å². The van der Waals surface area contributed by atoms with Crippen molar-refractivity contribution in [3.63, 3.8) is 0 Å². The Kier molecular flexibility index (Phi) is 40.4. The predicted molar refractivity (Wildman–Crippen MR) is 275 cm³/mol. The Balaban J connectivity index is 1.72. The Morgan fingerprint density at radius 1 is 0.471 bits per heavy atom. The topological polar surface area (TPSA) is 214 Å². The standard InChI is InChI=1S/C56H104O14/c1-3-5-7-9-11-13-15-17-19-21-22-23-24-25-27-29-31-33-35-37-39-48(58)68-45(42-65-40-38-36-34-32-30-28-26-20-18-16-14-12-10-8-6-4-2)43-66-55-54(64)52(62)50(60)47(70-55)44-67-56-53(63)51(61)49(59)46(41-57)69-56/h12,14,18,20,45-47,49-57,59-64H,3-11,13,15-17,19,21-44H2,1-2H3/b14-12-,20-18-. The summed E-state index contributed by atoms with van der Waals surface area (Å²) in [5, 5.41) is 72.3. The van der Waals surface area contributed by atoms with Crippen molar-refractivity contribution in [1.82, 2.24) is 0 Å². The van der Waals surface area contributed by atoms with E-state index in [1.165, 1.54) is 141 Å². The van der Waals surface area contributed by atoms with Crippen LogP contribution in [0.3, 0.4) is 0 Å². The molecule has 2 saturated heterocycles. The molecule has 0 radical (unpaired) electrons. The first-order chi connectivity index (χ1) is 34.1. The maximum absolute atomic E-state index is 13.1. The van der Waals surface area contributed by atoms with Gasteiger partial charge in [-0.2, -0.15) is 0 Å². The molecule has 412 valence electrons. The fraction of sp³-hybridized carbons (Fsp3) is 0.911. The monoisotopic (exact) mass is 1000 g/mol. The number of carbonyl (C=O) groups excluding carboxylic acids is 1. The van der Waals surface area contributed by atoms with E-state index in [1.54, 1.807) is 0 Å². The van der Waals surface area contributed by atoms with E-state index in [-0.39, 0.29) is 25.6 Å². The number of aliphatic hydroxyl groups is 7. The molecule has 14 heteroatoms. The molecule has 0 aromatic rings. The van der Waals surface area contributed by atoms with Gasteiger partial charge in [0.2, 0.25) is 0 Å². The quantitative estimate of drug-likeness (QED) is 0.0172. The van der Waals surface area contributed by atoms with E-state index in [4.69, 9.17) is 28.4 Å². The van der Waals surface area contributed by atoms with Crippen molar-refractivity contribution in [2.45, 2.75) is 293 Å². The van der Waals surface area contributed by atoms with Crippen LogP contribution in [0.1, 0.15) is 226 Å². The lowest BCUT2D eigenvalue weighted by Crippen LogP contribution is -2.61. The zero-order valence-electron chi connectivity index (χ0n) is 44.0. The molecule has 2 fully saturated rings. The number of hydrogen-bond donors (Lipinski definition) is 7. The largest absolute Gasteiger partial charge is 0.457 e. The molecule has 0 aliphatic carbocycles. The van der Waals surface area contributed by atoms with Crippen LogP contribution in [0.4, 0.5) is 0 Å². The number of unbranched alkanes of at least 4 members (excludes halogenated alkanes) is 28. The van der Waals surface area contributed by atoms with Crippen molar-refractivity contribution in [3.8, 4) is 0 Å². The molecule has 0 aromatic heterocycles. The van der Waals surface area contributed by atoms with E-state index in [1.807, 2.05) is 0 Å². The minimum absolute atomic E-state index is 0.0584. The highest BCUT2D eigenvalue weighted by Gasteiger charge is 2.47. The summed E-state index contributed by atoms with van der Waals surface area (Å²) in [5.41, 5.74) is 0. The second-order valence-electron chi connectivity index (χ2n) is 20.1. The summed E-state index contributed by atoms with van der Waals surface area (Å²) in [4.78, 5) is 13.1. The second kappa shape index (κ2) is 43.8. The van der Waals surface area contributed by atoms with E-state index < -0.39 is 80.7 Å². The molecule has 2 aliphatic rings. The number of esters is 1. The van der Waals surface area contributed by atoms with E-state index in [9.17, 15) is 40.5 Å². The van der Waals surface area contributed by atoms with Crippen molar-refractivity contribution < 1.29 is 69.0 Å². The molecule has 0 bridgehead atoms. The highest BCUT2D eigenvalue weighted by Crippen LogP contribution is 2.27. The summed E-state index contributed by atoms with van der Waals surface area (Å²) in [7, 11) is 0. The van der Waals surface area contributed by atoms with Gasteiger partial charge in [-0.1, -0.05) is 199 Å². The molecule has 70 heavy (non-hydrogen) atoms. The minimum Gasteiger partial charge on any atom is -0.457 e. The molecule has 11 unspecified atom stereocenters. The van der Waals surface area contributed by atoms with Crippen LogP contribution in [0, 0.1) is 0 Å². The molecule has 2 aliphatic heterocycles. The Bertz CT molecular complexity index is 1250. The van der Waals surface area contributed by atoms with Gasteiger partial charge in [0.25, 0.3) is 0 Å². The predicted octanol–water partition coefficient (Wildman–Crippen LogP) is 9.58. The van der Waals surface area contributed by atoms with Crippen LogP contribution < -0.4 is 0 Å². The van der Waals surface area contributed by atoms with Crippen LogP contribution >= 0.6 is 0 Å². The number of carbonyl (C=O) groups is 1. The van der Waals surface area contributed by atoms with Crippen LogP contribution in [0.2, 0.25) is 0 Å². The molecular formula is C56H104O14. The third kappa shape index (κ3) is 30.6. The molecule has 11 atom stereocenters. The lowest BCUT2D eigenvalue weighted by molar-refractivity contribution is -0.332. The van der Waals surface area contributed by atoms with Crippen molar-refractivity contribution in [3.05, 3.63) is 24.3 Å². The van der Waals surface area contributed by atoms with E-state index in [0.717, 1.165) is 57.8 Å². The second-order valence-corrected chi connectivity index (χ2v) is 20.1. The van der Waals surface area contributed by atoms with Gasteiger partial charge in [-0.3, -0.25) is 4.79 Å². The van der Waals surface area contributed by atoms with E-state index in [2.05, 4.69) is 38.2 Å². The summed E-state index contributed by atoms with van der Waals surface area (Å²) < 4.78 is 34.4. The van der Waals surface area contributed by atoms with Crippen molar-refractivity contribution in [1.29, 1.82) is 0 Å². The normalized spacial score (nSPS) is 25.6. The molecular weight excluding hydrogens is 897 g/mol. The molecule has 2 heterocycles. The number of allylic oxidation sites excluding steroid dienone is 4. The molecule has 7 N–H and O–H groups in total. The van der Waals surface area contributed by atoms with Crippen LogP contribution in [0.25, 0.3) is 0 Å². The summed E-state index contributed by atoms with van der Waals surface area (Å²) in [5.74, 6) is -0.375. The van der Waals surface area contributed by atoms with Gasteiger partial charge in [0.05, 0.1) is 26.4 Å². The van der Waals surface area contributed by atoms with Gasteiger partial charge in [0, 0.05) is 13.0 Å². The number of aliphatic hydroxyl groups excluding tert-OH is 7. The van der Waals surface area contributed by atoms with Crippen molar-refractivity contribution >= 4 is 5.97 Å².